The molecule has 0 spiro atoms. The number of nitrogens with zero attached hydrogens (tertiary/aromatic N) is 1. The molecule has 2 aromatic carbocycles. The molecule has 3 nitrogen and oxygen atoms in total. The van der Waals surface area contributed by atoms with Gasteiger partial charge >= 0.3 is 0 Å². The maximum atomic E-state index is 12.2. The molecule has 0 aromatic heterocycles. The molecule has 1 amide bonds. The van der Waals surface area contributed by atoms with Crippen molar-refractivity contribution in [3.05, 3.63) is 71.3 Å². The van der Waals surface area contributed by atoms with Crippen LogP contribution < -0.4 is 5.43 Å². The zero-order valence-electron chi connectivity index (χ0n) is 13.9. The Balaban J connectivity index is 2.09. The summed E-state index contributed by atoms with van der Waals surface area (Å²) in [5.41, 5.74) is 6.45. The summed E-state index contributed by atoms with van der Waals surface area (Å²) < 4.78 is 0. The number of unbranched alkanes of at least 4 members (excludes halogenated alkanes) is 2. The van der Waals surface area contributed by atoms with Crippen LogP contribution in [0.5, 0.6) is 0 Å². The van der Waals surface area contributed by atoms with Crippen molar-refractivity contribution in [2.75, 3.05) is 0 Å². The predicted octanol–water partition coefficient (Wildman–Crippen LogP) is 4.71. The van der Waals surface area contributed by atoms with Crippen LogP contribution in [0.3, 0.4) is 0 Å². The third kappa shape index (κ3) is 5.37. The summed E-state index contributed by atoms with van der Waals surface area (Å²) in [4.78, 5) is 12.2. The van der Waals surface area contributed by atoms with Crippen LogP contribution in [-0.4, -0.2) is 11.6 Å². The topological polar surface area (TPSA) is 41.5 Å². The Morgan fingerprint density at radius 1 is 0.957 bits per heavy atom. The number of aryl methyl sites for hydroxylation is 1. The van der Waals surface area contributed by atoms with Gasteiger partial charge in [0.05, 0.1) is 5.71 Å². The van der Waals surface area contributed by atoms with Gasteiger partial charge < -0.3 is 0 Å². The Morgan fingerprint density at radius 3 is 2.30 bits per heavy atom. The first kappa shape index (κ1) is 16.9. The minimum atomic E-state index is -0.172. The van der Waals surface area contributed by atoms with Gasteiger partial charge in [0.15, 0.2) is 0 Å². The van der Waals surface area contributed by atoms with Crippen molar-refractivity contribution in [3.63, 3.8) is 0 Å². The summed E-state index contributed by atoms with van der Waals surface area (Å²) >= 11 is 0. The van der Waals surface area contributed by atoms with Gasteiger partial charge in [-0.1, -0.05) is 67.8 Å². The van der Waals surface area contributed by atoms with Gasteiger partial charge in [-0.25, -0.2) is 5.43 Å². The maximum absolute atomic E-state index is 12.2. The van der Waals surface area contributed by atoms with E-state index in [4.69, 9.17) is 0 Å². The van der Waals surface area contributed by atoms with Gasteiger partial charge in [-0.15, -0.1) is 0 Å². The van der Waals surface area contributed by atoms with Crippen molar-refractivity contribution in [3.8, 4) is 0 Å². The van der Waals surface area contributed by atoms with E-state index in [1.807, 2.05) is 61.5 Å². The monoisotopic (exact) mass is 308 g/mol. The smallest absolute Gasteiger partial charge is 0.267 e. The van der Waals surface area contributed by atoms with E-state index in [1.54, 1.807) is 0 Å². The lowest BCUT2D eigenvalue weighted by molar-refractivity contribution is 0.0955. The fourth-order valence-electron chi connectivity index (χ4n) is 2.33. The van der Waals surface area contributed by atoms with E-state index in [2.05, 4.69) is 17.5 Å². The Morgan fingerprint density at radius 2 is 1.65 bits per heavy atom. The van der Waals surface area contributed by atoms with Gasteiger partial charge in [-0.2, -0.15) is 5.10 Å². The third-order valence-corrected chi connectivity index (χ3v) is 3.73. The highest BCUT2D eigenvalue weighted by molar-refractivity contribution is 6.02. The largest absolute Gasteiger partial charge is 0.271 e. The summed E-state index contributed by atoms with van der Waals surface area (Å²) in [6.45, 7) is 4.18. The number of hydrazone groups is 1. The van der Waals surface area contributed by atoms with Crippen molar-refractivity contribution in [2.24, 2.45) is 5.10 Å². The van der Waals surface area contributed by atoms with Crippen molar-refractivity contribution < 1.29 is 4.79 Å². The van der Waals surface area contributed by atoms with Crippen LogP contribution in [0, 0.1) is 6.92 Å². The number of rotatable bonds is 7. The normalized spacial score (nSPS) is 11.3. The van der Waals surface area contributed by atoms with Gasteiger partial charge in [0.1, 0.15) is 0 Å². The zero-order chi connectivity index (χ0) is 16.5. The summed E-state index contributed by atoms with van der Waals surface area (Å²) in [6, 6.07) is 17.5. The molecule has 23 heavy (non-hydrogen) atoms. The molecule has 1 N–H and O–H groups in total. The van der Waals surface area contributed by atoms with Crippen LogP contribution in [0.4, 0.5) is 0 Å². The average Bonchev–Trinajstić information content (AvgIpc) is 2.59. The Kier molecular flexibility index (Phi) is 6.55. The molecule has 0 aliphatic rings. The molecule has 120 valence electrons. The van der Waals surface area contributed by atoms with Crippen molar-refractivity contribution in [2.45, 2.75) is 39.5 Å². The molecule has 3 heteroatoms. The van der Waals surface area contributed by atoms with E-state index >= 15 is 0 Å². The van der Waals surface area contributed by atoms with Crippen LogP contribution in [0.25, 0.3) is 0 Å². The quantitative estimate of drug-likeness (QED) is 0.449. The minimum absolute atomic E-state index is 0.172. The van der Waals surface area contributed by atoms with Crippen molar-refractivity contribution in [1.29, 1.82) is 0 Å². The van der Waals surface area contributed by atoms with Crippen LogP contribution in [0.2, 0.25) is 0 Å². The van der Waals surface area contributed by atoms with Crippen LogP contribution in [-0.2, 0) is 0 Å². The fourth-order valence-corrected chi connectivity index (χ4v) is 2.33. The molecule has 0 saturated heterocycles. The van der Waals surface area contributed by atoms with Gasteiger partial charge in [0, 0.05) is 5.56 Å². The van der Waals surface area contributed by atoms with E-state index in [1.165, 1.54) is 0 Å². The lowest BCUT2D eigenvalue weighted by Crippen LogP contribution is -2.20. The van der Waals surface area contributed by atoms with Gasteiger partial charge in [0.25, 0.3) is 5.91 Å². The molecule has 0 aliphatic carbocycles. The number of carbonyl (C=O) groups excluding carboxylic acids is 1. The Bertz CT molecular complexity index is 645. The molecule has 0 fully saturated rings. The van der Waals surface area contributed by atoms with Crippen molar-refractivity contribution in [1.82, 2.24) is 5.43 Å². The molecular weight excluding hydrogens is 284 g/mol. The second-order valence-corrected chi connectivity index (χ2v) is 5.69. The summed E-state index contributed by atoms with van der Waals surface area (Å²) in [5.74, 6) is -0.172. The fraction of sp³-hybridized carbons (Fsp3) is 0.300. The Labute approximate surface area is 138 Å². The molecule has 0 unspecified atom stereocenters. The summed E-state index contributed by atoms with van der Waals surface area (Å²) in [6.07, 6.45) is 4.27. The van der Waals surface area contributed by atoms with E-state index in [0.717, 1.165) is 42.5 Å². The maximum Gasteiger partial charge on any atom is 0.271 e. The first-order valence-corrected chi connectivity index (χ1v) is 8.19. The highest BCUT2D eigenvalue weighted by atomic mass is 16.2. The number of carbonyl (C=O) groups is 1. The van der Waals surface area contributed by atoms with Gasteiger partial charge in [-0.05, 0) is 37.5 Å². The van der Waals surface area contributed by atoms with E-state index in [0.29, 0.717) is 5.56 Å². The summed E-state index contributed by atoms with van der Waals surface area (Å²) in [5, 5.41) is 4.38. The predicted molar refractivity (Wildman–Crippen MR) is 95.8 cm³/mol. The van der Waals surface area contributed by atoms with Crippen molar-refractivity contribution >= 4 is 11.6 Å². The third-order valence-electron chi connectivity index (χ3n) is 3.73. The van der Waals surface area contributed by atoms with E-state index < -0.39 is 0 Å². The molecule has 0 atom stereocenters. The van der Waals surface area contributed by atoms with Crippen LogP contribution >= 0.6 is 0 Å². The standard InChI is InChI=1S/C20H24N2O/c1-3-4-6-11-19(17-9-7-5-8-10-17)21-22-20(23)18-14-12-16(2)13-15-18/h5,7-10,12-15H,3-4,6,11H2,1-2H3,(H,22,23)/b21-19-. The molecular formula is C20H24N2O. The first-order valence-electron chi connectivity index (χ1n) is 8.19. The van der Waals surface area contributed by atoms with E-state index in [9.17, 15) is 4.79 Å². The number of hydrogen-bond acceptors (Lipinski definition) is 2. The molecule has 0 saturated carbocycles. The average molecular weight is 308 g/mol. The molecule has 0 aliphatic heterocycles. The molecule has 0 heterocycles. The minimum Gasteiger partial charge on any atom is -0.267 e. The highest BCUT2D eigenvalue weighted by Gasteiger charge is 2.07. The lowest BCUT2D eigenvalue weighted by atomic mass is 10.0. The molecule has 2 rings (SSSR count). The zero-order valence-corrected chi connectivity index (χ0v) is 13.9. The van der Waals surface area contributed by atoms with Gasteiger partial charge in [0.2, 0.25) is 0 Å². The summed E-state index contributed by atoms with van der Waals surface area (Å²) in [7, 11) is 0. The molecule has 2 aromatic rings. The number of hydrogen-bond donors (Lipinski definition) is 1. The molecule has 0 radical (unpaired) electrons. The second-order valence-electron chi connectivity index (χ2n) is 5.69. The number of benzene rings is 2. The van der Waals surface area contributed by atoms with Gasteiger partial charge in [-0.3, -0.25) is 4.79 Å². The van der Waals surface area contributed by atoms with Crippen LogP contribution in [0.15, 0.2) is 59.7 Å². The molecule has 0 bridgehead atoms. The second kappa shape index (κ2) is 8.89. The Hall–Kier alpha value is -2.42. The van der Waals surface area contributed by atoms with Crippen LogP contribution in [0.1, 0.15) is 54.1 Å². The van der Waals surface area contributed by atoms with E-state index in [-0.39, 0.29) is 5.91 Å². The lowest BCUT2D eigenvalue weighted by Gasteiger charge is -2.08. The highest BCUT2D eigenvalue weighted by Crippen LogP contribution is 2.09. The number of nitrogens with one attached hydrogen (secondary N) is 1. The SMILES string of the molecule is CCCCC/C(=N/NC(=O)c1ccc(C)cc1)c1ccccc1. The first-order chi connectivity index (χ1) is 11.2. The number of amides is 1.